The van der Waals surface area contributed by atoms with Gasteiger partial charge >= 0.3 is 5.97 Å². The summed E-state index contributed by atoms with van der Waals surface area (Å²) in [5.41, 5.74) is 0. The molecule has 0 bridgehead atoms. The lowest BCUT2D eigenvalue weighted by Gasteiger charge is -2.19. The summed E-state index contributed by atoms with van der Waals surface area (Å²) >= 11 is 0. The number of rotatable bonds is 22. The standard InChI is InChI=1S/C27H49N3O6S2/c1-19(2)27(35)36-18-21(5)38-37-16-10-12-23(31)11-8-14-26(34)30(7)17-25(33)29-22(6)24(32)13-9-15-28-20(3)4/h19-22,28H,8-18H2,1-7H3,(H,29,33)/t21?,22-/m0/s1. The first kappa shape index (κ1) is 36.4. The fourth-order valence-corrected chi connectivity index (χ4v) is 5.40. The Bertz CT molecular complexity index is 748. The van der Waals surface area contributed by atoms with Crippen LogP contribution in [0, 0.1) is 5.92 Å². The van der Waals surface area contributed by atoms with Gasteiger partial charge in [-0.1, -0.05) is 49.3 Å². The molecule has 0 aliphatic rings. The molecular weight excluding hydrogens is 526 g/mol. The highest BCUT2D eigenvalue weighted by molar-refractivity contribution is 8.76. The molecule has 0 rings (SSSR count). The lowest BCUT2D eigenvalue weighted by atomic mass is 10.1. The summed E-state index contributed by atoms with van der Waals surface area (Å²) in [6.45, 7) is 12.4. The lowest BCUT2D eigenvalue weighted by molar-refractivity contribution is -0.147. The van der Waals surface area contributed by atoms with Crippen molar-refractivity contribution < 1.29 is 28.7 Å². The van der Waals surface area contributed by atoms with Crippen LogP contribution >= 0.6 is 21.6 Å². The molecule has 0 aliphatic carbocycles. The third kappa shape index (κ3) is 19.5. The van der Waals surface area contributed by atoms with Gasteiger partial charge in [0.2, 0.25) is 11.8 Å². The van der Waals surface area contributed by atoms with E-state index in [1.54, 1.807) is 49.4 Å². The number of amides is 2. The van der Waals surface area contributed by atoms with E-state index in [0.29, 0.717) is 44.8 Å². The van der Waals surface area contributed by atoms with E-state index < -0.39 is 6.04 Å². The molecule has 38 heavy (non-hydrogen) atoms. The van der Waals surface area contributed by atoms with Crippen molar-refractivity contribution in [3.8, 4) is 0 Å². The second-order valence-corrected chi connectivity index (χ2v) is 13.2. The van der Waals surface area contributed by atoms with Crippen LogP contribution in [-0.2, 0) is 28.7 Å². The van der Waals surface area contributed by atoms with Gasteiger partial charge < -0.3 is 20.3 Å². The number of carbonyl (C=O) groups is 5. The predicted octanol–water partition coefficient (Wildman–Crippen LogP) is 3.79. The summed E-state index contributed by atoms with van der Waals surface area (Å²) in [7, 11) is 4.86. The minimum Gasteiger partial charge on any atom is -0.464 e. The average Bonchev–Trinajstić information content (AvgIpc) is 2.84. The van der Waals surface area contributed by atoms with Gasteiger partial charge in [-0.15, -0.1) is 0 Å². The Morgan fingerprint density at radius 2 is 1.53 bits per heavy atom. The minimum absolute atomic E-state index is 0.0324. The van der Waals surface area contributed by atoms with Crippen molar-refractivity contribution in [1.82, 2.24) is 15.5 Å². The zero-order chi connectivity index (χ0) is 29.1. The van der Waals surface area contributed by atoms with Crippen LogP contribution < -0.4 is 10.6 Å². The number of esters is 1. The summed E-state index contributed by atoms with van der Waals surface area (Å²) in [5.74, 6) is 0.0219. The molecule has 0 radical (unpaired) electrons. The molecule has 1 unspecified atom stereocenters. The molecule has 0 aromatic heterocycles. The number of likely N-dealkylation sites (N-methyl/N-ethyl adjacent to an activating group) is 1. The number of Topliss-reactive ketones (excluding diaryl/α,β-unsaturated/α-hetero) is 2. The van der Waals surface area contributed by atoms with Crippen LogP contribution in [0.5, 0.6) is 0 Å². The van der Waals surface area contributed by atoms with E-state index in [-0.39, 0.29) is 53.5 Å². The number of ketones is 2. The van der Waals surface area contributed by atoms with E-state index in [4.69, 9.17) is 4.74 Å². The van der Waals surface area contributed by atoms with Gasteiger partial charge in [0.15, 0.2) is 5.78 Å². The summed E-state index contributed by atoms with van der Waals surface area (Å²) < 4.78 is 5.21. The van der Waals surface area contributed by atoms with Crippen molar-refractivity contribution in [2.75, 3.05) is 32.5 Å². The molecule has 0 aromatic carbocycles. The molecule has 2 atom stereocenters. The Labute approximate surface area is 237 Å². The number of hydrogen-bond donors (Lipinski definition) is 2. The normalized spacial score (nSPS) is 12.8. The van der Waals surface area contributed by atoms with Crippen molar-refractivity contribution in [2.24, 2.45) is 5.92 Å². The highest BCUT2D eigenvalue weighted by atomic mass is 33.1. The van der Waals surface area contributed by atoms with Crippen LogP contribution in [0.1, 0.15) is 86.5 Å². The van der Waals surface area contributed by atoms with Crippen LogP contribution in [0.3, 0.4) is 0 Å². The summed E-state index contributed by atoms with van der Waals surface area (Å²) in [4.78, 5) is 61.7. The number of hydrogen-bond acceptors (Lipinski definition) is 9. The lowest BCUT2D eigenvalue weighted by Crippen LogP contribution is -2.44. The molecule has 11 heteroatoms. The summed E-state index contributed by atoms with van der Waals surface area (Å²) in [6, 6.07) is -0.225. The Kier molecular flexibility index (Phi) is 20.4. The van der Waals surface area contributed by atoms with E-state index in [1.165, 1.54) is 4.90 Å². The Morgan fingerprint density at radius 3 is 2.16 bits per heavy atom. The molecule has 2 amide bonds. The molecular formula is C27H49N3O6S2. The van der Waals surface area contributed by atoms with Crippen molar-refractivity contribution in [2.45, 2.75) is 104 Å². The van der Waals surface area contributed by atoms with Gasteiger partial charge in [-0.2, -0.15) is 0 Å². The van der Waals surface area contributed by atoms with E-state index in [0.717, 1.165) is 18.7 Å². The van der Waals surface area contributed by atoms with Crippen LogP contribution in [0.15, 0.2) is 0 Å². The topological polar surface area (TPSA) is 122 Å². The van der Waals surface area contributed by atoms with E-state index in [9.17, 15) is 24.0 Å². The molecule has 2 N–H and O–H groups in total. The van der Waals surface area contributed by atoms with Crippen LogP contribution in [0.4, 0.5) is 0 Å². The van der Waals surface area contributed by atoms with Crippen LogP contribution in [-0.4, -0.2) is 84.1 Å². The minimum atomic E-state index is -0.593. The first-order chi connectivity index (χ1) is 17.8. The second-order valence-electron chi connectivity index (χ2n) is 10.2. The number of carbonyl (C=O) groups excluding carboxylic acids is 5. The Hall–Kier alpha value is -1.59. The monoisotopic (exact) mass is 575 g/mol. The van der Waals surface area contributed by atoms with E-state index in [1.807, 2.05) is 20.8 Å². The summed E-state index contributed by atoms with van der Waals surface area (Å²) in [5, 5.41) is 6.10. The van der Waals surface area contributed by atoms with Gasteiger partial charge in [-0.3, -0.25) is 24.0 Å². The Balaban J connectivity index is 3.96. The average molecular weight is 576 g/mol. The van der Waals surface area contributed by atoms with Crippen molar-refractivity contribution in [3.63, 3.8) is 0 Å². The van der Waals surface area contributed by atoms with Gasteiger partial charge in [0.25, 0.3) is 0 Å². The van der Waals surface area contributed by atoms with Crippen molar-refractivity contribution in [1.29, 1.82) is 0 Å². The molecule has 0 saturated heterocycles. The van der Waals surface area contributed by atoms with Gasteiger partial charge in [0.05, 0.1) is 18.5 Å². The Morgan fingerprint density at radius 1 is 0.868 bits per heavy atom. The maximum atomic E-state index is 12.3. The maximum absolute atomic E-state index is 12.3. The fraction of sp³-hybridized carbons (Fsp3) is 0.815. The smallest absolute Gasteiger partial charge is 0.308 e. The van der Waals surface area contributed by atoms with E-state index in [2.05, 4.69) is 10.6 Å². The maximum Gasteiger partial charge on any atom is 0.308 e. The predicted molar refractivity (Wildman–Crippen MR) is 156 cm³/mol. The highest BCUT2D eigenvalue weighted by Gasteiger charge is 2.18. The van der Waals surface area contributed by atoms with Gasteiger partial charge in [0.1, 0.15) is 12.4 Å². The molecule has 0 aliphatic heterocycles. The van der Waals surface area contributed by atoms with Gasteiger partial charge in [-0.25, -0.2) is 0 Å². The number of nitrogens with zero attached hydrogens (tertiary/aromatic N) is 1. The molecule has 0 fully saturated rings. The number of ether oxygens (including phenoxy) is 1. The largest absolute Gasteiger partial charge is 0.464 e. The van der Waals surface area contributed by atoms with E-state index >= 15 is 0 Å². The zero-order valence-corrected chi connectivity index (χ0v) is 25.9. The first-order valence-corrected chi connectivity index (χ1v) is 16.0. The molecule has 0 saturated carbocycles. The molecule has 9 nitrogen and oxygen atoms in total. The van der Waals surface area contributed by atoms with Gasteiger partial charge in [0, 0.05) is 49.8 Å². The molecule has 0 heterocycles. The highest BCUT2D eigenvalue weighted by Crippen LogP contribution is 2.28. The van der Waals surface area contributed by atoms with Crippen LogP contribution in [0.2, 0.25) is 0 Å². The fourth-order valence-electron chi connectivity index (χ4n) is 3.18. The molecule has 0 aromatic rings. The molecule has 0 spiro atoms. The SMILES string of the molecule is CC(C)NCCCC(=O)[C@H](C)NC(=O)CN(C)C(=O)CCCC(=O)CCCSSC(C)COC(=O)C(C)C. The third-order valence-corrected chi connectivity index (χ3v) is 8.46. The molecule has 220 valence electrons. The zero-order valence-electron chi connectivity index (χ0n) is 24.3. The first-order valence-electron chi connectivity index (χ1n) is 13.6. The van der Waals surface area contributed by atoms with Crippen LogP contribution in [0.25, 0.3) is 0 Å². The quantitative estimate of drug-likeness (QED) is 0.113. The van der Waals surface area contributed by atoms with Crippen molar-refractivity contribution in [3.05, 3.63) is 0 Å². The van der Waals surface area contributed by atoms with Gasteiger partial charge in [-0.05, 0) is 39.7 Å². The van der Waals surface area contributed by atoms with Crippen molar-refractivity contribution >= 4 is 50.9 Å². The second kappa shape index (κ2) is 21.3. The number of nitrogens with one attached hydrogen (secondary N) is 2. The summed E-state index contributed by atoms with van der Waals surface area (Å²) in [6.07, 6.45) is 3.30. The third-order valence-electron chi connectivity index (χ3n) is 5.51.